The normalized spacial score (nSPS) is 16.2. The molecule has 1 N–H and O–H groups in total. The zero-order chi connectivity index (χ0) is 18.5. The summed E-state index contributed by atoms with van der Waals surface area (Å²) >= 11 is 0. The molecule has 0 aromatic heterocycles. The van der Waals surface area contributed by atoms with E-state index in [-0.39, 0.29) is 11.8 Å². The minimum absolute atomic E-state index is 0.0617. The number of amides is 1. The van der Waals surface area contributed by atoms with Gasteiger partial charge in [0.25, 0.3) is 5.91 Å². The Morgan fingerprint density at radius 3 is 2.38 bits per heavy atom. The van der Waals surface area contributed by atoms with Crippen LogP contribution in [0.3, 0.4) is 0 Å². The summed E-state index contributed by atoms with van der Waals surface area (Å²) in [6.45, 7) is 1.24. The number of carbonyl (C=O) groups excluding carboxylic acids is 1. The fourth-order valence-electron chi connectivity index (χ4n) is 3.49. The molecule has 5 nitrogen and oxygen atoms in total. The molecule has 0 radical (unpaired) electrons. The molecule has 5 heteroatoms. The Morgan fingerprint density at radius 1 is 1.08 bits per heavy atom. The summed E-state index contributed by atoms with van der Waals surface area (Å²) < 4.78 is 10.6. The van der Waals surface area contributed by atoms with E-state index in [0.29, 0.717) is 30.2 Å². The number of methoxy groups -OCH3 is 2. The fourth-order valence-corrected chi connectivity index (χ4v) is 3.49. The van der Waals surface area contributed by atoms with Crippen molar-refractivity contribution in [1.29, 1.82) is 0 Å². The molecule has 0 saturated carbocycles. The van der Waals surface area contributed by atoms with Crippen molar-refractivity contribution < 1.29 is 19.4 Å². The number of likely N-dealkylation sites (tertiary alicyclic amines) is 1. The molecule has 1 atom stereocenters. The van der Waals surface area contributed by atoms with Gasteiger partial charge < -0.3 is 19.5 Å². The van der Waals surface area contributed by atoms with E-state index in [4.69, 9.17) is 9.47 Å². The van der Waals surface area contributed by atoms with Crippen LogP contribution in [-0.2, 0) is 0 Å². The number of carbonyl (C=O) groups is 1. The molecule has 3 rings (SSSR count). The topological polar surface area (TPSA) is 59.0 Å². The van der Waals surface area contributed by atoms with Gasteiger partial charge in [0.2, 0.25) is 0 Å². The van der Waals surface area contributed by atoms with Crippen LogP contribution in [0, 0.1) is 5.92 Å². The average Bonchev–Trinajstić information content (AvgIpc) is 2.73. The molecular weight excluding hydrogens is 330 g/mol. The van der Waals surface area contributed by atoms with E-state index in [1.54, 1.807) is 32.4 Å². The highest BCUT2D eigenvalue weighted by Crippen LogP contribution is 2.32. The number of hydrogen-bond acceptors (Lipinski definition) is 4. The van der Waals surface area contributed by atoms with Crippen LogP contribution >= 0.6 is 0 Å². The van der Waals surface area contributed by atoms with Crippen molar-refractivity contribution in [3.8, 4) is 11.5 Å². The van der Waals surface area contributed by atoms with Crippen molar-refractivity contribution >= 4 is 5.91 Å². The summed E-state index contributed by atoms with van der Waals surface area (Å²) in [5.74, 6) is 1.27. The highest BCUT2D eigenvalue weighted by molar-refractivity contribution is 5.97. The summed E-state index contributed by atoms with van der Waals surface area (Å²) in [6.07, 6.45) is 1.06. The third-order valence-electron chi connectivity index (χ3n) is 5.05. The Kier molecular flexibility index (Phi) is 5.78. The second-order valence-electron chi connectivity index (χ2n) is 6.55. The lowest BCUT2D eigenvalue weighted by Crippen LogP contribution is -2.39. The maximum absolute atomic E-state index is 12.9. The standard InChI is InChI=1S/C21H25NO4/c1-25-17-8-9-19(26-2)18(14-17)21(24)22-12-10-16(11-13-22)20(23)15-6-4-3-5-7-15/h3-9,14,16,20,23H,10-13H2,1-2H3. The second kappa shape index (κ2) is 8.23. The van der Waals surface area contributed by atoms with Gasteiger partial charge in [0, 0.05) is 13.1 Å². The maximum atomic E-state index is 12.9. The van der Waals surface area contributed by atoms with Crippen molar-refractivity contribution in [2.24, 2.45) is 5.92 Å². The molecule has 1 heterocycles. The van der Waals surface area contributed by atoms with Gasteiger partial charge in [-0.15, -0.1) is 0 Å². The van der Waals surface area contributed by atoms with E-state index < -0.39 is 6.10 Å². The molecule has 1 fully saturated rings. The van der Waals surface area contributed by atoms with Crippen LogP contribution in [0.15, 0.2) is 48.5 Å². The minimum Gasteiger partial charge on any atom is -0.497 e. The zero-order valence-corrected chi connectivity index (χ0v) is 15.2. The SMILES string of the molecule is COc1ccc(OC)c(C(=O)N2CCC(C(O)c3ccccc3)CC2)c1. The van der Waals surface area contributed by atoms with Crippen molar-refractivity contribution in [2.75, 3.05) is 27.3 Å². The molecule has 0 bridgehead atoms. The Balaban J connectivity index is 1.67. The van der Waals surface area contributed by atoms with Gasteiger partial charge in [-0.05, 0) is 42.5 Å². The van der Waals surface area contributed by atoms with Crippen molar-refractivity contribution in [2.45, 2.75) is 18.9 Å². The second-order valence-corrected chi connectivity index (χ2v) is 6.55. The smallest absolute Gasteiger partial charge is 0.257 e. The van der Waals surface area contributed by atoms with Gasteiger partial charge in [0.1, 0.15) is 11.5 Å². The molecule has 1 saturated heterocycles. The summed E-state index contributed by atoms with van der Waals surface area (Å²) in [5.41, 5.74) is 1.45. The average molecular weight is 355 g/mol. The molecule has 2 aromatic rings. The highest BCUT2D eigenvalue weighted by Gasteiger charge is 2.29. The molecule has 1 unspecified atom stereocenters. The first kappa shape index (κ1) is 18.3. The lowest BCUT2D eigenvalue weighted by Gasteiger charge is -2.34. The summed E-state index contributed by atoms with van der Waals surface area (Å²) in [7, 11) is 3.13. The molecule has 0 aliphatic carbocycles. The molecule has 0 spiro atoms. The number of hydrogen-bond donors (Lipinski definition) is 1. The van der Waals surface area contributed by atoms with Crippen LogP contribution in [0.5, 0.6) is 11.5 Å². The Hall–Kier alpha value is -2.53. The van der Waals surface area contributed by atoms with Crippen molar-refractivity contribution in [3.63, 3.8) is 0 Å². The van der Waals surface area contributed by atoms with Crippen molar-refractivity contribution in [1.82, 2.24) is 4.90 Å². The predicted octanol–water partition coefficient (Wildman–Crippen LogP) is 3.29. The number of aliphatic hydroxyl groups is 1. The van der Waals surface area contributed by atoms with Crippen LogP contribution in [0.1, 0.15) is 34.9 Å². The molecule has 2 aromatic carbocycles. The minimum atomic E-state index is -0.486. The number of benzene rings is 2. The van der Waals surface area contributed by atoms with Crippen LogP contribution in [0.25, 0.3) is 0 Å². The molecule has 138 valence electrons. The molecule has 1 aliphatic heterocycles. The van der Waals surface area contributed by atoms with Crippen LogP contribution in [0.2, 0.25) is 0 Å². The van der Waals surface area contributed by atoms with Gasteiger partial charge in [-0.2, -0.15) is 0 Å². The Morgan fingerprint density at radius 2 is 1.77 bits per heavy atom. The molecule has 26 heavy (non-hydrogen) atoms. The first-order valence-corrected chi connectivity index (χ1v) is 8.88. The zero-order valence-electron chi connectivity index (χ0n) is 15.2. The largest absolute Gasteiger partial charge is 0.497 e. The number of ether oxygens (including phenoxy) is 2. The third-order valence-corrected chi connectivity index (χ3v) is 5.05. The summed E-state index contributed by atoms with van der Waals surface area (Å²) in [6, 6.07) is 15.0. The van der Waals surface area contributed by atoms with Crippen LogP contribution < -0.4 is 9.47 Å². The Labute approximate surface area is 154 Å². The van der Waals surface area contributed by atoms with Gasteiger partial charge >= 0.3 is 0 Å². The third kappa shape index (κ3) is 3.83. The fraction of sp³-hybridized carbons (Fsp3) is 0.381. The van der Waals surface area contributed by atoms with Gasteiger partial charge in [-0.1, -0.05) is 30.3 Å². The highest BCUT2D eigenvalue weighted by atomic mass is 16.5. The van der Waals surface area contributed by atoms with Gasteiger partial charge in [-0.3, -0.25) is 4.79 Å². The predicted molar refractivity (Wildman–Crippen MR) is 99.6 cm³/mol. The Bertz CT molecular complexity index is 739. The van der Waals surface area contributed by atoms with E-state index in [2.05, 4.69) is 0 Å². The number of aliphatic hydroxyl groups excluding tert-OH is 1. The summed E-state index contributed by atoms with van der Waals surface area (Å²) in [4.78, 5) is 14.7. The van der Waals surface area contributed by atoms with Crippen molar-refractivity contribution in [3.05, 3.63) is 59.7 Å². The molecule has 1 amide bonds. The first-order valence-electron chi connectivity index (χ1n) is 8.88. The van der Waals surface area contributed by atoms with Gasteiger partial charge in [0.05, 0.1) is 25.9 Å². The van der Waals surface area contributed by atoms with E-state index in [0.717, 1.165) is 18.4 Å². The maximum Gasteiger partial charge on any atom is 0.257 e. The molecular formula is C21H25NO4. The van der Waals surface area contributed by atoms with E-state index in [9.17, 15) is 9.90 Å². The number of rotatable bonds is 5. The molecule has 1 aliphatic rings. The van der Waals surface area contributed by atoms with E-state index >= 15 is 0 Å². The van der Waals surface area contributed by atoms with Crippen LogP contribution in [-0.4, -0.2) is 43.2 Å². The van der Waals surface area contributed by atoms with E-state index in [1.165, 1.54) is 0 Å². The first-order chi connectivity index (χ1) is 12.6. The van der Waals surface area contributed by atoms with Gasteiger partial charge in [0.15, 0.2) is 0 Å². The quantitative estimate of drug-likeness (QED) is 0.894. The summed E-state index contributed by atoms with van der Waals surface area (Å²) in [5, 5.41) is 10.6. The van der Waals surface area contributed by atoms with Gasteiger partial charge in [-0.25, -0.2) is 0 Å². The monoisotopic (exact) mass is 355 g/mol. The van der Waals surface area contributed by atoms with Crippen LogP contribution in [0.4, 0.5) is 0 Å². The lowest BCUT2D eigenvalue weighted by atomic mass is 9.87. The van der Waals surface area contributed by atoms with E-state index in [1.807, 2.05) is 35.2 Å². The lowest BCUT2D eigenvalue weighted by molar-refractivity contribution is 0.0460. The number of nitrogens with zero attached hydrogens (tertiary/aromatic N) is 1. The number of piperidine rings is 1.